The maximum atomic E-state index is 12.4. The highest BCUT2D eigenvalue weighted by Gasteiger charge is 2.41. The fourth-order valence-electron chi connectivity index (χ4n) is 3.51. The second-order valence-electron chi connectivity index (χ2n) is 6.20. The number of ketones is 1. The lowest BCUT2D eigenvalue weighted by molar-refractivity contribution is -0.137. The Labute approximate surface area is 139 Å². The van der Waals surface area contributed by atoms with Crippen LogP contribution in [0.4, 0.5) is 0 Å². The summed E-state index contributed by atoms with van der Waals surface area (Å²) in [5, 5.41) is 0.179. The smallest absolute Gasteiger partial charge is 0.265 e. The second kappa shape index (κ2) is 6.20. The van der Waals surface area contributed by atoms with Crippen molar-refractivity contribution in [3.63, 3.8) is 0 Å². The summed E-state index contributed by atoms with van der Waals surface area (Å²) in [6.45, 7) is 0. The number of rotatable bonds is 3. The van der Waals surface area contributed by atoms with Gasteiger partial charge in [-0.15, -0.1) is 0 Å². The molecule has 2 atom stereocenters. The summed E-state index contributed by atoms with van der Waals surface area (Å²) in [5.74, 6) is -0.955. The second-order valence-corrected chi connectivity index (χ2v) is 8.32. The van der Waals surface area contributed by atoms with Gasteiger partial charge in [-0.25, -0.2) is 13.1 Å². The molecule has 1 amide bonds. The van der Waals surface area contributed by atoms with Gasteiger partial charge < -0.3 is 0 Å². The van der Waals surface area contributed by atoms with Crippen molar-refractivity contribution < 1.29 is 18.0 Å². The lowest BCUT2D eigenvalue weighted by Crippen LogP contribution is -2.44. The molecular weight excluding hydrogens is 340 g/mol. The van der Waals surface area contributed by atoms with Crippen molar-refractivity contribution in [1.29, 1.82) is 0 Å². The number of amides is 1. The molecule has 1 aromatic rings. The van der Waals surface area contributed by atoms with Crippen molar-refractivity contribution in [2.24, 2.45) is 17.8 Å². The van der Waals surface area contributed by atoms with Crippen LogP contribution >= 0.6 is 11.6 Å². The van der Waals surface area contributed by atoms with Crippen molar-refractivity contribution in [3.8, 4) is 0 Å². The summed E-state index contributed by atoms with van der Waals surface area (Å²) in [5.41, 5.74) is 0. The Morgan fingerprint density at radius 3 is 2.48 bits per heavy atom. The molecule has 0 aromatic carbocycles. The Bertz CT molecular complexity index is 734. The van der Waals surface area contributed by atoms with Gasteiger partial charge in [-0.2, -0.15) is 0 Å². The van der Waals surface area contributed by atoms with Crippen LogP contribution in [0.25, 0.3) is 0 Å². The standard InChI is InChI=1S/C15H17ClN2O4S/c16-12-6-13(8-17-7-12)23(21,22)18-15(20)11-4-9-2-1-3-10(5-11)14(9)19/h6-11H,1-5H2,(H,18,20). The van der Waals surface area contributed by atoms with Crippen LogP contribution in [-0.2, 0) is 19.6 Å². The van der Waals surface area contributed by atoms with Gasteiger partial charge in [0.1, 0.15) is 10.7 Å². The first-order chi connectivity index (χ1) is 10.9. The molecule has 3 rings (SSSR count). The third-order valence-electron chi connectivity index (χ3n) is 4.64. The van der Waals surface area contributed by atoms with Crippen molar-refractivity contribution in [1.82, 2.24) is 9.71 Å². The minimum atomic E-state index is -4.00. The maximum absolute atomic E-state index is 12.4. The van der Waals surface area contributed by atoms with Gasteiger partial charge in [-0.3, -0.25) is 14.6 Å². The molecule has 0 saturated heterocycles. The summed E-state index contributed by atoms with van der Waals surface area (Å²) in [6.07, 6.45) is 5.92. The van der Waals surface area contributed by atoms with Crippen molar-refractivity contribution in [2.45, 2.75) is 37.0 Å². The van der Waals surface area contributed by atoms with Gasteiger partial charge in [0.05, 0.1) is 5.02 Å². The van der Waals surface area contributed by atoms with Crippen molar-refractivity contribution in [3.05, 3.63) is 23.5 Å². The molecule has 0 spiro atoms. The van der Waals surface area contributed by atoms with E-state index in [4.69, 9.17) is 11.6 Å². The van der Waals surface area contributed by atoms with E-state index in [0.29, 0.717) is 12.8 Å². The van der Waals surface area contributed by atoms with Gasteiger partial charge in [-0.1, -0.05) is 18.0 Å². The number of carbonyl (C=O) groups excluding carboxylic acids is 2. The van der Waals surface area contributed by atoms with Crippen LogP contribution in [0, 0.1) is 17.8 Å². The molecule has 1 heterocycles. The molecule has 8 heteroatoms. The highest BCUT2D eigenvalue weighted by molar-refractivity contribution is 7.90. The van der Waals surface area contributed by atoms with E-state index in [1.807, 2.05) is 0 Å². The summed E-state index contributed by atoms with van der Waals surface area (Å²) in [4.78, 5) is 28.0. The minimum absolute atomic E-state index is 0.103. The van der Waals surface area contributed by atoms with E-state index in [1.54, 1.807) is 0 Å². The first-order valence-corrected chi connectivity index (χ1v) is 9.44. The number of aromatic nitrogens is 1. The molecule has 2 unspecified atom stereocenters. The van der Waals surface area contributed by atoms with E-state index < -0.39 is 21.8 Å². The fourth-order valence-corrected chi connectivity index (χ4v) is 4.78. The van der Waals surface area contributed by atoms with E-state index in [1.165, 1.54) is 12.3 Å². The molecule has 1 N–H and O–H groups in total. The van der Waals surface area contributed by atoms with Gasteiger partial charge in [0.2, 0.25) is 5.91 Å². The number of Topliss-reactive ketones (excluding diaryl/α,β-unsaturated/α-hetero) is 1. The van der Waals surface area contributed by atoms with Crippen molar-refractivity contribution in [2.75, 3.05) is 0 Å². The molecule has 124 valence electrons. The average molecular weight is 357 g/mol. The summed E-state index contributed by atoms with van der Waals surface area (Å²) >= 11 is 5.74. The van der Waals surface area contributed by atoms with Crippen LogP contribution < -0.4 is 4.72 Å². The zero-order chi connectivity index (χ0) is 16.6. The SMILES string of the molecule is O=C(NS(=O)(=O)c1cncc(Cl)c1)C1CC2CCCC(C1)C2=O. The highest BCUT2D eigenvalue weighted by atomic mass is 35.5. The number of halogens is 1. The Kier molecular flexibility index (Phi) is 4.42. The summed E-state index contributed by atoms with van der Waals surface area (Å²) in [6, 6.07) is 1.24. The molecular formula is C15H17ClN2O4S. The van der Waals surface area contributed by atoms with Crippen LogP contribution in [0.3, 0.4) is 0 Å². The average Bonchev–Trinajstić information content (AvgIpc) is 2.46. The first kappa shape index (κ1) is 16.4. The van der Waals surface area contributed by atoms with Gasteiger partial charge in [-0.05, 0) is 31.7 Å². The van der Waals surface area contributed by atoms with Crippen LogP contribution in [0.15, 0.2) is 23.4 Å². The van der Waals surface area contributed by atoms with Gasteiger partial charge in [0.15, 0.2) is 0 Å². The molecule has 0 radical (unpaired) electrons. The molecule has 2 aliphatic carbocycles. The molecule has 2 saturated carbocycles. The number of pyridine rings is 1. The third kappa shape index (κ3) is 3.40. The number of carbonyl (C=O) groups is 2. The van der Waals surface area contributed by atoms with E-state index >= 15 is 0 Å². The third-order valence-corrected chi connectivity index (χ3v) is 6.16. The van der Waals surface area contributed by atoms with Gasteiger partial charge in [0, 0.05) is 30.1 Å². The van der Waals surface area contributed by atoms with Crippen LogP contribution in [0.1, 0.15) is 32.1 Å². The van der Waals surface area contributed by atoms with Gasteiger partial charge in [0.25, 0.3) is 10.0 Å². The quantitative estimate of drug-likeness (QED) is 0.893. The van der Waals surface area contributed by atoms with Crippen LogP contribution in [0.2, 0.25) is 5.02 Å². The number of hydrogen-bond acceptors (Lipinski definition) is 5. The highest BCUT2D eigenvalue weighted by Crippen LogP contribution is 2.40. The molecule has 2 fully saturated rings. The Hall–Kier alpha value is -1.47. The van der Waals surface area contributed by atoms with E-state index in [9.17, 15) is 18.0 Å². The molecule has 23 heavy (non-hydrogen) atoms. The van der Waals surface area contributed by atoms with E-state index in [-0.39, 0.29) is 27.5 Å². The number of sulfonamides is 1. The zero-order valence-corrected chi connectivity index (χ0v) is 13.9. The van der Waals surface area contributed by atoms with Crippen LogP contribution in [0.5, 0.6) is 0 Å². The lowest BCUT2D eigenvalue weighted by atomic mass is 9.67. The summed E-state index contributed by atoms with van der Waals surface area (Å²) < 4.78 is 26.6. The largest absolute Gasteiger partial charge is 0.299 e. The minimum Gasteiger partial charge on any atom is -0.299 e. The Balaban J connectivity index is 1.73. The lowest BCUT2D eigenvalue weighted by Gasteiger charge is -2.36. The predicted octanol–water partition coefficient (Wildman–Crippen LogP) is 1.94. The Morgan fingerprint density at radius 2 is 1.87 bits per heavy atom. The molecule has 1 aromatic heterocycles. The van der Waals surface area contributed by atoms with Crippen molar-refractivity contribution >= 4 is 33.3 Å². The van der Waals surface area contributed by atoms with Crippen LogP contribution in [-0.4, -0.2) is 25.1 Å². The number of hydrogen-bond donors (Lipinski definition) is 1. The summed E-state index contributed by atoms with van der Waals surface area (Å²) in [7, 11) is -4.00. The normalized spacial score (nSPS) is 27.5. The number of fused-ring (bicyclic) bond motifs is 2. The number of nitrogens with one attached hydrogen (secondary N) is 1. The maximum Gasteiger partial charge on any atom is 0.265 e. The number of nitrogens with zero attached hydrogens (tertiary/aromatic N) is 1. The molecule has 2 aliphatic rings. The zero-order valence-electron chi connectivity index (χ0n) is 12.4. The molecule has 0 aliphatic heterocycles. The van der Waals surface area contributed by atoms with Gasteiger partial charge >= 0.3 is 0 Å². The fraction of sp³-hybridized carbons (Fsp3) is 0.533. The van der Waals surface area contributed by atoms with E-state index in [2.05, 4.69) is 9.71 Å². The monoisotopic (exact) mass is 356 g/mol. The molecule has 6 nitrogen and oxygen atoms in total. The van der Waals surface area contributed by atoms with E-state index in [0.717, 1.165) is 25.5 Å². The Morgan fingerprint density at radius 1 is 1.22 bits per heavy atom. The predicted molar refractivity (Wildman–Crippen MR) is 83.1 cm³/mol. The topological polar surface area (TPSA) is 93.2 Å². The first-order valence-electron chi connectivity index (χ1n) is 7.58. The molecule has 2 bridgehead atoms.